The Kier molecular flexibility index (Phi) is 4.36. The first-order chi connectivity index (χ1) is 15.4. The summed E-state index contributed by atoms with van der Waals surface area (Å²) >= 11 is 6.02. The Hall–Kier alpha value is -2.88. The Balaban J connectivity index is 1.34. The van der Waals surface area contributed by atoms with Crippen molar-refractivity contribution < 1.29 is 8.78 Å². The third-order valence-electron chi connectivity index (χ3n) is 6.83. The van der Waals surface area contributed by atoms with Crippen LogP contribution in [0.3, 0.4) is 0 Å². The number of nitrogens with zero attached hydrogens (tertiary/aromatic N) is 6. The predicted molar refractivity (Wildman–Crippen MR) is 113 cm³/mol. The van der Waals surface area contributed by atoms with Gasteiger partial charge in [0.1, 0.15) is 11.2 Å². The van der Waals surface area contributed by atoms with Crippen molar-refractivity contribution in [1.82, 2.24) is 34.3 Å². The summed E-state index contributed by atoms with van der Waals surface area (Å²) in [6.45, 7) is 0. The van der Waals surface area contributed by atoms with E-state index in [2.05, 4.69) is 20.2 Å². The highest BCUT2D eigenvalue weighted by atomic mass is 35.5. The van der Waals surface area contributed by atoms with Crippen LogP contribution in [-0.4, -0.2) is 40.3 Å². The molecule has 11 heteroatoms. The van der Waals surface area contributed by atoms with Crippen molar-refractivity contribution in [2.45, 2.75) is 62.3 Å². The third-order valence-corrected chi connectivity index (χ3v) is 7.03. The van der Waals surface area contributed by atoms with Gasteiger partial charge in [-0.15, -0.1) is 0 Å². The monoisotopic (exact) mass is 459 g/mol. The Morgan fingerprint density at radius 3 is 2.59 bits per heavy atom. The van der Waals surface area contributed by atoms with Gasteiger partial charge in [-0.25, -0.2) is 27.9 Å². The second-order valence-corrected chi connectivity index (χ2v) is 9.23. The lowest BCUT2D eigenvalue weighted by Gasteiger charge is -2.34. The Morgan fingerprint density at radius 1 is 1.06 bits per heavy atom. The molecular weight excluding hydrogens is 440 g/mol. The molecule has 8 nitrogen and oxygen atoms in total. The highest BCUT2D eigenvalue weighted by Crippen LogP contribution is 2.47. The highest BCUT2D eigenvalue weighted by molar-refractivity contribution is 6.30. The fourth-order valence-electron chi connectivity index (χ4n) is 4.90. The van der Waals surface area contributed by atoms with Gasteiger partial charge in [-0.3, -0.25) is 4.79 Å². The zero-order valence-corrected chi connectivity index (χ0v) is 17.8. The maximum absolute atomic E-state index is 13.6. The fourth-order valence-corrected chi connectivity index (χ4v) is 5.04. The van der Waals surface area contributed by atoms with Crippen LogP contribution in [0.1, 0.15) is 67.9 Å². The van der Waals surface area contributed by atoms with Gasteiger partial charge in [0.25, 0.3) is 5.56 Å². The number of hydrogen-bond acceptors (Lipinski definition) is 5. The molecule has 4 heterocycles. The summed E-state index contributed by atoms with van der Waals surface area (Å²) in [5, 5.41) is 9.49. The van der Waals surface area contributed by atoms with Gasteiger partial charge in [-0.05, 0) is 25.7 Å². The molecule has 1 N–H and O–H groups in total. The lowest BCUT2D eigenvalue weighted by molar-refractivity contribution is -0.0446. The summed E-state index contributed by atoms with van der Waals surface area (Å²) in [5.74, 6) is -1.93. The molecule has 0 amide bonds. The molecule has 32 heavy (non-hydrogen) atoms. The van der Waals surface area contributed by atoms with Crippen LogP contribution in [0.15, 0.2) is 29.5 Å². The minimum Gasteiger partial charge on any atom is -0.310 e. The van der Waals surface area contributed by atoms with Crippen molar-refractivity contribution in [3.8, 4) is 0 Å². The summed E-state index contributed by atoms with van der Waals surface area (Å²) in [5.41, 5.74) is 1.75. The van der Waals surface area contributed by atoms with Gasteiger partial charge in [0.05, 0.1) is 35.3 Å². The van der Waals surface area contributed by atoms with Gasteiger partial charge in [0, 0.05) is 30.7 Å². The number of aromatic amines is 1. The average molecular weight is 460 g/mol. The third kappa shape index (κ3) is 3.19. The van der Waals surface area contributed by atoms with Crippen LogP contribution in [-0.2, 0) is 0 Å². The molecule has 2 fully saturated rings. The molecule has 4 aromatic rings. The maximum Gasteiger partial charge on any atom is 0.262 e. The first kappa shape index (κ1) is 19.8. The molecule has 0 aliphatic heterocycles. The summed E-state index contributed by atoms with van der Waals surface area (Å²) in [7, 11) is 0. The van der Waals surface area contributed by atoms with Crippen LogP contribution < -0.4 is 5.56 Å². The standard InChI is InChI=1S/C21H20ClF2N7O/c22-11-7-17-27-16(10-30(17)25-8-11)13-1-2-14(13)18-28-19-15(20(32)29-18)9-26-31(19)12-3-5-21(23,24)6-4-12/h7-10,12-14H,1-6H2,(H,28,29,32)/t13-,14-/m0/s1. The first-order valence-corrected chi connectivity index (χ1v) is 11.1. The average Bonchev–Trinajstić information content (AvgIpc) is 3.31. The lowest BCUT2D eigenvalue weighted by atomic mass is 9.71. The van der Waals surface area contributed by atoms with Crippen LogP contribution in [0.2, 0.25) is 5.02 Å². The molecule has 0 saturated heterocycles. The summed E-state index contributed by atoms with van der Waals surface area (Å²) < 4.78 is 30.6. The minimum absolute atomic E-state index is 0.00604. The Morgan fingerprint density at radius 2 is 1.84 bits per heavy atom. The molecule has 2 aliphatic rings. The number of hydrogen-bond donors (Lipinski definition) is 1. The van der Waals surface area contributed by atoms with Gasteiger partial charge in [-0.2, -0.15) is 10.2 Å². The van der Waals surface area contributed by atoms with E-state index in [-0.39, 0.29) is 36.3 Å². The summed E-state index contributed by atoms with van der Waals surface area (Å²) in [4.78, 5) is 25.1. The van der Waals surface area contributed by atoms with E-state index in [1.807, 2.05) is 6.20 Å². The van der Waals surface area contributed by atoms with E-state index < -0.39 is 5.92 Å². The van der Waals surface area contributed by atoms with Crippen LogP contribution >= 0.6 is 11.6 Å². The van der Waals surface area contributed by atoms with Crippen molar-refractivity contribution >= 4 is 28.3 Å². The van der Waals surface area contributed by atoms with E-state index in [1.54, 1.807) is 21.5 Å². The lowest BCUT2D eigenvalue weighted by Crippen LogP contribution is -2.28. The molecule has 2 saturated carbocycles. The number of H-pyrrole nitrogens is 1. The van der Waals surface area contributed by atoms with Crippen molar-refractivity contribution in [3.05, 3.63) is 51.6 Å². The predicted octanol–water partition coefficient (Wildman–Crippen LogP) is 4.23. The zero-order valence-electron chi connectivity index (χ0n) is 17.0. The molecule has 0 radical (unpaired) electrons. The Labute approximate surface area is 185 Å². The van der Waals surface area contributed by atoms with E-state index in [1.165, 1.54) is 6.20 Å². The Bertz CT molecular complexity index is 1380. The van der Waals surface area contributed by atoms with Gasteiger partial charge in [0.15, 0.2) is 11.3 Å². The largest absolute Gasteiger partial charge is 0.310 e. The molecule has 0 bridgehead atoms. The molecule has 6 rings (SSSR count). The number of imidazole rings is 1. The number of nitrogens with one attached hydrogen (secondary N) is 1. The van der Waals surface area contributed by atoms with Gasteiger partial charge in [-0.1, -0.05) is 11.6 Å². The molecule has 2 atom stereocenters. The number of fused-ring (bicyclic) bond motifs is 2. The van der Waals surface area contributed by atoms with E-state index in [9.17, 15) is 13.6 Å². The molecule has 166 valence electrons. The molecule has 0 unspecified atom stereocenters. The normalized spacial score (nSPS) is 23.6. The SMILES string of the molecule is O=c1[nH]c([C@H]2CC[C@@H]2c2cn3ncc(Cl)cc3n2)nc2c1cnn2C1CCC(F)(F)CC1. The quantitative estimate of drug-likeness (QED) is 0.495. The van der Waals surface area contributed by atoms with Crippen LogP contribution in [0.5, 0.6) is 0 Å². The number of rotatable bonds is 3. The summed E-state index contributed by atoms with van der Waals surface area (Å²) in [6.07, 6.45) is 6.99. The van der Waals surface area contributed by atoms with Crippen LogP contribution in [0.4, 0.5) is 8.78 Å². The van der Waals surface area contributed by atoms with E-state index in [0.717, 1.165) is 18.5 Å². The van der Waals surface area contributed by atoms with Crippen LogP contribution in [0, 0.1) is 0 Å². The molecule has 4 aromatic heterocycles. The van der Waals surface area contributed by atoms with E-state index in [4.69, 9.17) is 16.6 Å². The first-order valence-electron chi connectivity index (χ1n) is 10.7. The molecule has 0 spiro atoms. The van der Waals surface area contributed by atoms with E-state index in [0.29, 0.717) is 40.4 Å². The van der Waals surface area contributed by atoms with Crippen LogP contribution in [0.25, 0.3) is 16.7 Å². The van der Waals surface area contributed by atoms with Crippen molar-refractivity contribution in [2.75, 3.05) is 0 Å². The number of halogens is 3. The molecule has 0 aromatic carbocycles. The smallest absolute Gasteiger partial charge is 0.262 e. The molecular formula is C21H20ClF2N7O. The maximum atomic E-state index is 13.6. The second-order valence-electron chi connectivity index (χ2n) is 8.80. The van der Waals surface area contributed by atoms with Gasteiger partial charge < -0.3 is 4.98 Å². The number of alkyl halides is 2. The molecule has 2 aliphatic carbocycles. The van der Waals surface area contributed by atoms with Gasteiger partial charge >= 0.3 is 0 Å². The topological polar surface area (TPSA) is 93.8 Å². The second kappa shape index (κ2) is 7.06. The fraction of sp³-hybridized carbons (Fsp3) is 0.476. The highest BCUT2D eigenvalue weighted by Gasteiger charge is 2.39. The van der Waals surface area contributed by atoms with E-state index >= 15 is 0 Å². The van der Waals surface area contributed by atoms with Crippen molar-refractivity contribution in [3.63, 3.8) is 0 Å². The summed E-state index contributed by atoms with van der Waals surface area (Å²) in [6, 6.07) is 1.57. The van der Waals surface area contributed by atoms with Crippen molar-refractivity contribution in [1.29, 1.82) is 0 Å². The number of aromatic nitrogens is 7. The van der Waals surface area contributed by atoms with Crippen molar-refractivity contribution in [2.24, 2.45) is 0 Å². The zero-order chi connectivity index (χ0) is 22.0. The van der Waals surface area contributed by atoms with Gasteiger partial charge in [0.2, 0.25) is 5.92 Å². The minimum atomic E-state index is -2.62.